The van der Waals surface area contributed by atoms with E-state index in [1.165, 1.54) is 17.9 Å². The lowest BCUT2D eigenvalue weighted by atomic mass is 9.86. The number of rotatable bonds is 5. The first kappa shape index (κ1) is 19.4. The highest BCUT2D eigenvalue weighted by Crippen LogP contribution is 2.41. The number of halogens is 6. The average Bonchev–Trinajstić information content (AvgIpc) is 2.77. The Kier molecular flexibility index (Phi) is 5.27. The number of nitrogens with zero attached hydrogens (tertiary/aromatic N) is 3. The molecule has 10 heteroatoms. The van der Waals surface area contributed by atoms with E-state index >= 15 is 0 Å². The third-order valence-corrected chi connectivity index (χ3v) is 3.95. The summed E-state index contributed by atoms with van der Waals surface area (Å²) in [5.74, 6) is -0.316. The first-order valence-electron chi connectivity index (χ1n) is 7.10. The van der Waals surface area contributed by atoms with Crippen molar-refractivity contribution in [1.29, 1.82) is 0 Å². The minimum atomic E-state index is -4.47. The molecule has 0 spiro atoms. The van der Waals surface area contributed by atoms with E-state index in [4.69, 9.17) is 11.6 Å². The van der Waals surface area contributed by atoms with Crippen LogP contribution in [0.15, 0.2) is 18.5 Å². The van der Waals surface area contributed by atoms with Gasteiger partial charge in [0, 0.05) is 31.4 Å². The van der Waals surface area contributed by atoms with E-state index in [1.54, 1.807) is 0 Å². The summed E-state index contributed by atoms with van der Waals surface area (Å²) in [5.41, 5.74) is -1.72. The van der Waals surface area contributed by atoms with Gasteiger partial charge < -0.3 is 4.74 Å². The number of hydrogen-bond donors (Lipinski definition) is 0. The van der Waals surface area contributed by atoms with Gasteiger partial charge in [0.1, 0.15) is 5.75 Å². The Morgan fingerprint density at radius 2 is 1.88 bits per heavy atom. The van der Waals surface area contributed by atoms with Gasteiger partial charge in [0.25, 0.3) is 0 Å². The molecular weight excluding hydrogens is 369 g/mol. The zero-order valence-corrected chi connectivity index (χ0v) is 14.3. The van der Waals surface area contributed by atoms with Crippen molar-refractivity contribution in [3.8, 4) is 17.0 Å². The van der Waals surface area contributed by atoms with Crippen molar-refractivity contribution in [3.63, 3.8) is 0 Å². The monoisotopic (exact) mass is 383 g/mol. The highest BCUT2D eigenvalue weighted by Gasteiger charge is 2.47. The van der Waals surface area contributed by atoms with E-state index < -0.39 is 24.6 Å². The van der Waals surface area contributed by atoms with Crippen LogP contribution in [-0.4, -0.2) is 27.6 Å². The first-order valence-corrected chi connectivity index (χ1v) is 7.48. The second kappa shape index (κ2) is 6.78. The van der Waals surface area contributed by atoms with Crippen LogP contribution in [0.3, 0.4) is 0 Å². The van der Waals surface area contributed by atoms with Crippen LogP contribution >= 0.6 is 11.6 Å². The van der Waals surface area contributed by atoms with Gasteiger partial charge >= 0.3 is 12.8 Å². The minimum absolute atomic E-state index is 0.0278. The summed E-state index contributed by atoms with van der Waals surface area (Å²) in [5, 5.41) is 4.07. The third kappa shape index (κ3) is 4.20. The van der Waals surface area contributed by atoms with Gasteiger partial charge in [-0.1, -0.05) is 25.4 Å². The van der Waals surface area contributed by atoms with E-state index in [0.29, 0.717) is 0 Å². The SMILES string of the molecule is Cn1ncc(Cl)c1-c1cnc(CC(C)(C)C(F)(F)F)cc1OC(F)F. The molecule has 0 saturated heterocycles. The second-order valence-electron chi connectivity index (χ2n) is 6.07. The van der Waals surface area contributed by atoms with Crippen molar-refractivity contribution in [2.75, 3.05) is 0 Å². The minimum Gasteiger partial charge on any atom is -0.434 e. The molecule has 2 heterocycles. The third-order valence-electron chi connectivity index (χ3n) is 3.68. The van der Waals surface area contributed by atoms with Crippen LogP contribution in [0.1, 0.15) is 19.5 Å². The molecule has 0 bridgehead atoms. The standard InChI is InChI=1S/C15H15ClF5N3O/c1-14(2,15(19,20)21)5-8-4-11(25-13(17)18)9(6-22-8)12-10(16)7-23-24(12)3/h4,6-7,13H,5H2,1-3H3. The number of pyridine rings is 1. The van der Waals surface area contributed by atoms with E-state index in [2.05, 4.69) is 14.8 Å². The van der Waals surface area contributed by atoms with Gasteiger partial charge in [-0.25, -0.2) is 0 Å². The Morgan fingerprint density at radius 3 is 2.36 bits per heavy atom. The molecular formula is C15H15ClF5N3O. The topological polar surface area (TPSA) is 39.9 Å². The van der Waals surface area contributed by atoms with E-state index in [9.17, 15) is 22.0 Å². The average molecular weight is 384 g/mol. The molecule has 138 valence electrons. The van der Waals surface area contributed by atoms with Gasteiger partial charge in [0.15, 0.2) is 0 Å². The van der Waals surface area contributed by atoms with Crippen molar-refractivity contribution < 1.29 is 26.7 Å². The summed E-state index contributed by atoms with van der Waals surface area (Å²) in [7, 11) is 1.54. The zero-order chi connectivity index (χ0) is 19.0. The van der Waals surface area contributed by atoms with Crippen LogP contribution in [0, 0.1) is 5.41 Å². The normalized spacial score (nSPS) is 12.7. The van der Waals surface area contributed by atoms with Crippen LogP contribution in [0.25, 0.3) is 11.3 Å². The molecule has 2 aromatic rings. The van der Waals surface area contributed by atoms with Crippen molar-refractivity contribution in [2.24, 2.45) is 12.5 Å². The number of aromatic nitrogens is 3. The molecule has 0 radical (unpaired) electrons. The quantitative estimate of drug-likeness (QED) is 0.692. The zero-order valence-electron chi connectivity index (χ0n) is 13.5. The summed E-state index contributed by atoms with van der Waals surface area (Å²) < 4.78 is 70.3. The second-order valence-corrected chi connectivity index (χ2v) is 6.48. The van der Waals surface area contributed by atoms with Crippen molar-refractivity contribution >= 4 is 11.6 Å². The Hall–Kier alpha value is -1.90. The number of alkyl halides is 5. The fraction of sp³-hybridized carbons (Fsp3) is 0.467. The summed E-state index contributed by atoms with van der Waals surface area (Å²) in [6.07, 6.45) is -2.50. The van der Waals surface area contributed by atoms with Gasteiger partial charge in [0.05, 0.1) is 27.9 Å². The predicted octanol–water partition coefficient (Wildman–Crippen LogP) is 4.87. The molecule has 0 unspecified atom stereocenters. The first-order chi connectivity index (χ1) is 11.4. The maximum atomic E-state index is 13.0. The largest absolute Gasteiger partial charge is 0.434 e. The summed E-state index contributed by atoms with van der Waals surface area (Å²) in [4.78, 5) is 3.96. The van der Waals surface area contributed by atoms with E-state index in [0.717, 1.165) is 26.1 Å². The van der Waals surface area contributed by atoms with Gasteiger partial charge in [0.2, 0.25) is 0 Å². The predicted molar refractivity (Wildman–Crippen MR) is 81.6 cm³/mol. The molecule has 2 aromatic heterocycles. The van der Waals surface area contributed by atoms with Gasteiger partial charge in [-0.2, -0.15) is 27.1 Å². The molecule has 0 fully saturated rings. The number of hydrogen-bond acceptors (Lipinski definition) is 3. The molecule has 0 aliphatic carbocycles. The summed E-state index contributed by atoms with van der Waals surface area (Å²) in [6.45, 7) is -1.14. The van der Waals surface area contributed by atoms with Crippen LogP contribution in [0.2, 0.25) is 5.02 Å². The molecule has 0 amide bonds. The summed E-state index contributed by atoms with van der Waals surface area (Å²) in [6, 6.07) is 1.07. The molecule has 4 nitrogen and oxygen atoms in total. The van der Waals surface area contributed by atoms with Gasteiger partial charge in [-0.15, -0.1) is 0 Å². The Labute approximate surface area is 145 Å². The van der Waals surface area contributed by atoms with Crippen LogP contribution < -0.4 is 4.74 Å². The maximum Gasteiger partial charge on any atom is 0.394 e. The van der Waals surface area contributed by atoms with Crippen LogP contribution in [-0.2, 0) is 13.5 Å². The Morgan fingerprint density at radius 1 is 1.24 bits per heavy atom. The van der Waals surface area contributed by atoms with Gasteiger partial charge in [-0.3, -0.25) is 9.67 Å². The molecule has 25 heavy (non-hydrogen) atoms. The highest BCUT2D eigenvalue weighted by atomic mass is 35.5. The Bertz CT molecular complexity index is 739. The molecule has 0 aromatic carbocycles. The summed E-state index contributed by atoms with van der Waals surface area (Å²) >= 11 is 5.99. The van der Waals surface area contributed by atoms with Crippen LogP contribution in [0.5, 0.6) is 5.75 Å². The lowest BCUT2D eigenvalue weighted by Gasteiger charge is -2.27. The fourth-order valence-electron chi connectivity index (χ4n) is 2.21. The molecule has 0 atom stereocenters. The van der Waals surface area contributed by atoms with Gasteiger partial charge in [-0.05, 0) is 0 Å². The molecule has 2 rings (SSSR count). The smallest absolute Gasteiger partial charge is 0.394 e. The lowest BCUT2D eigenvalue weighted by molar-refractivity contribution is -0.211. The molecule has 0 N–H and O–H groups in total. The molecule has 0 saturated carbocycles. The van der Waals surface area contributed by atoms with E-state index in [1.807, 2.05) is 0 Å². The lowest BCUT2D eigenvalue weighted by Crippen LogP contribution is -2.34. The number of ether oxygens (including phenoxy) is 1. The van der Waals surface area contributed by atoms with Crippen LogP contribution in [0.4, 0.5) is 22.0 Å². The maximum absolute atomic E-state index is 13.0. The number of aryl methyl sites for hydroxylation is 1. The van der Waals surface area contributed by atoms with E-state index in [-0.39, 0.29) is 27.7 Å². The molecule has 0 aliphatic rings. The highest BCUT2D eigenvalue weighted by molar-refractivity contribution is 6.33. The Balaban J connectivity index is 2.48. The fourth-order valence-corrected chi connectivity index (χ4v) is 2.48. The van der Waals surface area contributed by atoms with Crippen molar-refractivity contribution in [1.82, 2.24) is 14.8 Å². The van der Waals surface area contributed by atoms with Crippen molar-refractivity contribution in [3.05, 3.63) is 29.2 Å². The van der Waals surface area contributed by atoms with Crippen molar-refractivity contribution in [2.45, 2.75) is 33.1 Å². The molecule has 0 aliphatic heterocycles.